The number of para-hydroxylation sites is 1. The fourth-order valence-electron chi connectivity index (χ4n) is 2.14. The van der Waals surface area contributed by atoms with E-state index in [0.717, 1.165) is 21.0 Å². The summed E-state index contributed by atoms with van der Waals surface area (Å²) < 4.78 is 11.2. The fourth-order valence-corrected chi connectivity index (χ4v) is 4.72. The summed E-state index contributed by atoms with van der Waals surface area (Å²) in [4.78, 5) is 26.0. The highest BCUT2D eigenvalue weighted by atomic mass is 32.2. The van der Waals surface area contributed by atoms with Crippen LogP contribution in [0.1, 0.15) is 19.8 Å². The molecule has 0 aliphatic heterocycles. The number of rotatable bonds is 8. The van der Waals surface area contributed by atoms with Gasteiger partial charge in [-0.2, -0.15) is 0 Å². The molecule has 1 heterocycles. The van der Waals surface area contributed by atoms with E-state index in [1.54, 1.807) is 0 Å². The molecule has 24 heavy (non-hydrogen) atoms. The number of hydrogen-bond donors (Lipinski definition) is 2. The minimum atomic E-state index is -1.46. The first-order chi connectivity index (χ1) is 11.5. The van der Waals surface area contributed by atoms with Crippen molar-refractivity contribution in [2.24, 2.45) is 0 Å². The molecule has 1 aromatic carbocycles. The van der Waals surface area contributed by atoms with Gasteiger partial charge in [0, 0.05) is 0 Å². The minimum Gasteiger partial charge on any atom is -0.450 e. The van der Waals surface area contributed by atoms with Gasteiger partial charge < -0.3 is 19.7 Å². The Kier molecular flexibility index (Phi) is 6.68. The first-order valence-corrected chi connectivity index (χ1v) is 8.96. The van der Waals surface area contributed by atoms with Crippen LogP contribution in [0, 0.1) is 0 Å². The molecule has 0 saturated heterocycles. The van der Waals surface area contributed by atoms with Crippen LogP contribution in [-0.4, -0.2) is 45.5 Å². The average molecular weight is 371 g/mol. The number of thiazole rings is 1. The summed E-state index contributed by atoms with van der Waals surface area (Å²) in [6.07, 6.45) is -2.39. The molecule has 0 radical (unpaired) electrons. The zero-order chi connectivity index (χ0) is 17.5. The third-order valence-electron chi connectivity index (χ3n) is 3.14. The number of thioether (sulfide) groups is 1. The Morgan fingerprint density at radius 3 is 2.67 bits per heavy atom. The topological polar surface area (TPSA) is 106 Å². The standard InChI is InChI=1S/C15H17NO6S2/c1-2-5-12(10(22-15(19)20)8-21-14(17)18)24-13-16-9-6-3-4-7-11(9)23-13/h3-4,6-7,10,12H,2,5,8H2,1H3,(H,17,18)(H,19,20). The van der Waals surface area contributed by atoms with Gasteiger partial charge in [0.15, 0.2) is 10.4 Å². The van der Waals surface area contributed by atoms with Crippen molar-refractivity contribution in [3.63, 3.8) is 0 Å². The lowest BCUT2D eigenvalue weighted by molar-refractivity contribution is 0.00361. The first-order valence-electron chi connectivity index (χ1n) is 7.27. The Morgan fingerprint density at radius 1 is 1.29 bits per heavy atom. The number of hydrogen-bond acceptors (Lipinski definition) is 7. The largest absolute Gasteiger partial charge is 0.506 e. The number of carboxylic acid groups (broad SMARTS) is 2. The van der Waals surface area contributed by atoms with E-state index in [1.807, 2.05) is 31.2 Å². The second-order valence-corrected chi connectivity index (χ2v) is 7.41. The lowest BCUT2D eigenvalue weighted by Gasteiger charge is -2.23. The number of carbonyl (C=O) groups is 2. The normalized spacial score (nSPS) is 13.4. The molecule has 0 aliphatic carbocycles. The highest BCUT2D eigenvalue weighted by Crippen LogP contribution is 2.35. The van der Waals surface area contributed by atoms with Gasteiger partial charge in [-0.05, 0) is 18.6 Å². The van der Waals surface area contributed by atoms with Gasteiger partial charge in [-0.1, -0.05) is 37.2 Å². The summed E-state index contributed by atoms with van der Waals surface area (Å²) in [5.41, 5.74) is 0.873. The van der Waals surface area contributed by atoms with Crippen molar-refractivity contribution < 1.29 is 29.3 Å². The summed E-state index contributed by atoms with van der Waals surface area (Å²) in [5, 5.41) is 17.3. The molecule has 130 valence electrons. The molecular weight excluding hydrogens is 354 g/mol. The average Bonchev–Trinajstić information content (AvgIpc) is 2.93. The quantitative estimate of drug-likeness (QED) is 0.522. The van der Waals surface area contributed by atoms with Crippen LogP contribution in [0.25, 0.3) is 10.2 Å². The fraction of sp³-hybridized carbons (Fsp3) is 0.400. The molecule has 2 aromatic rings. The molecule has 9 heteroatoms. The molecule has 7 nitrogen and oxygen atoms in total. The van der Waals surface area contributed by atoms with E-state index in [0.29, 0.717) is 6.42 Å². The van der Waals surface area contributed by atoms with E-state index in [9.17, 15) is 9.59 Å². The van der Waals surface area contributed by atoms with Crippen LogP contribution >= 0.6 is 23.1 Å². The summed E-state index contributed by atoms with van der Waals surface area (Å²) >= 11 is 2.89. The molecule has 2 atom stereocenters. The number of fused-ring (bicyclic) bond motifs is 1. The van der Waals surface area contributed by atoms with E-state index in [-0.39, 0.29) is 11.9 Å². The zero-order valence-corrected chi connectivity index (χ0v) is 14.5. The van der Waals surface area contributed by atoms with Crippen LogP contribution in [0.2, 0.25) is 0 Å². The Bertz CT molecular complexity index is 671. The van der Waals surface area contributed by atoms with Crippen molar-refractivity contribution in [1.82, 2.24) is 4.98 Å². The number of ether oxygens (including phenoxy) is 2. The summed E-state index contributed by atoms with van der Waals surface area (Å²) in [6, 6.07) is 7.70. The van der Waals surface area contributed by atoms with Gasteiger partial charge >= 0.3 is 12.3 Å². The van der Waals surface area contributed by atoms with Gasteiger partial charge in [0.25, 0.3) is 0 Å². The molecule has 2 unspecified atom stereocenters. The van der Waals surface area contributed by atoms with Crippen LogP contribution in [-0.2, 0) is 9.47 Å². The van der Waals surface area contributed by atoms with Crippen LogP contribution in [0.5, 0.6) is 0 Å². The second kappa shape index (κ2) is 8.74. The predicted octanol–water partition coefficient (Wildman–Crippen LogP) is 4.31. The highest BCUT2D eigenvalue weighted by molar-refractivity contribution is 8.01. The van der Waals surface area contributed by atoms with Crippen LogP contribution in [0.4, 0.5) is 9.59 Å². The van der Waals surface area contributed by atoms with Gasteiger partial charge in [0.1, 0.15) is 6.61 Å². The van der Waals surface area contributed by atoms with Crippen LogP contribution < -0.4 is 0 Å². The van der Waals surface area contributed by atoms with E-state index < -0.39 is 18.4 Å². The molecule has 2 N–H and O–H groups in total. The lowest BCUT2D eigenvalue weighted by Crippen LogP contribution is -2.34. The molecule has 0 saturated carbocycles. The molecule has 0 fully saturated rings. The van der Waals surface area contributed by atoms with Gasteiger partial charge in [-0.25, -0.2) is 14.6 Å². The lowest BCUT2D eigenvalue weighted by atomic mass is 10.1. The highest BCUT2D eigenvalue weighted by Gasteiger charge is 2.28. The van der Waals surface area contributed by atoms with Crippen molar-refractivity contribution in [3.05, 3.63) is 24.3 Å². The van der Waals surface area contributed by atoms with Gasteiger partial charge in [-0.3, -0.25) is 0 Å². The molecular formula is C15H17NO6S2. The van der Waals surface area contributed by atoms with Gasteiger partial charge in [0.05, 0.1) is 15.5 Å². The smallest absolute Gasteiger partial charge is 0.450 e. The number of benzene rings is 1. The van der Waals surface area contributed by atoms with Crippen molar-refractivity contribution in [2.45, 2.75) is 35.5 Å². The minimum absolute atomic E-state index is 0.286. The third kappa shape index (κ3) is 5.27. The molecule has 0 spiro atoms. The van der Waals surface area contributed by atoms with E-state index in [4.69, 9.17) is 14.9 Å². The molecule has 2 rings (SSSR count). The van der Waals surface area contributed by atoms with E-state index in [1.165, 1.54) is 23.1 Å². The van der Waals surface area contributed by atoms with E-state index >= 15 is 0 Å². The molecule has 0 bridgehead atoms. The Morgan fingerprint density at radius 2 is 2.04 bits per heavy atom. The maximum Gasteiger partial charge on any atom is 0.506 e. The molecule has 0 aliphatic rings. The molecule has 0 amide bonds. The first kappa shape index (κ1) is 18.3. The number of aromatic nitrogens is 1. The van der Waals surface area contributed by atoms with Crippen molar-refractivity contribution in [3.8, 4) is 0 Å². The summed E-state index contributed by atoms with van der Waals surface area (Å²) in [6.45, 7) is 1.62. The zero-order valence-electron chi connectivity index (χ0n) is 12.9. The third-order valence-corrected chi connectivity index (χ3v) is 5.64. The molecule has 1 aromatic heterocycles. The Hall–Kier alpha value is -2.00. The van der Waals surface area contributed by atoms with Gasteiger partial charge in [0.2, 0.25) is 0 Å². The SMILES string of the molecule is CCCC(Sc1nc2ccccc2s1)C(COC(=O)O)OC(=O)O. The van der Waals surface area contributed by atoms with Gasteiger partial charge in [-0.15, -0.1) is 11.3 Å². The van der Waals surface area contributed by atoms with Crippen LogP contribution in [0.15, 0.2) is 28.6 Å². The van der Waals surface area contributed by atoms with Crippen molar-refractivity contribution in [1.29, 1.82) is 0 Å². The predicted molar refractivity (Wildman–Crippen MR) is 91.0 cm³/mol. The van der Waals surface area contributed by atoms with Crippen molar-refractivity contribution in [2.75, 3.05) is 6.61 Å². The van der Waals surface area contributed by atoms with Crippen molar-refractivity contribution >= 4 is 45.6 Å². The monoisotopic (exact) mass is 371 g/mol. The maximum atomic E-state index is 10.9. The van der Waals surface area contributed by atoms with Crippen LogP contribution in [0.3, 0.4) is 0 Å². The van der Waals surface area contributed by atoms with E-state index in [2.05, 4.69) is 9.72 Å². The Labute approximate surface area is 146 Å². The second-order valence-electron chi connectivity index (χ2n) is 4.89. The summed E-state index contributed by atoms with van der Waals surface area (Å²) in [5.74, 6) is 0. The number of nitrogens with zero attached hydrogens (tertiary/aromatic N) is 1. The maximum absolute atomic E-state index is 10.9. The Balaban J connectivity index is 2.16. The summed E-state index contributed by atoms with van der Waals surface area (Å²) in [7, 11) is 0.